The lowest BCUT2D eigenvalue weighted by atomic mass is 11.1. The van der Waals surface area contributed by atoms with Gasteiger partial charge in [0.2, 0.25) is 0 Å². The van der Waals surface area contributed by atoms with E-state index < -0.39 is 0 Å². The molecule has 0 amide bonds. The Morgan fingerprint density at radius 3 is 1.57 bits per heavy atom. The van der Waals surface area contributed by atoms with Crippen LogP contribution in [0.4, 0.5) is 0 Å². The molecule has 0 unspecified atom stereocenters. The second-order valence-electron chi connectivity index (χ2n) is 0.557. The molecule has 0 radical (unpaired) electrons. The van der Waals surface area contributed by atoms with E-state index in [9.17, 15) is 0 Å². The van der Waals surface area contributed by atoms with E-state index >= 15 is 0 Å². The third kappa shape index (κ3) is 55.2. The molecule has 0 saturated carbocycles. The van der Waals surface area contributed by atoms with Crippen LogP contribution in [0.15, 0.2) is 0 Å². The molecule has 0 atom stereocenters. The van der Waals surface area contributed by atoms with Gasteiger partial charge in [-0.1, -0.05) is 0 Å². The monoisotopic (exact) mass is 118 g/mol. The topological polar surface area (TPSA) is 99.7 Å². The average Bonchev–Trinajstić information content (AvgIpc) is 1.33. The maximum Gasteiger partial charge on any atom is 0.183 e. The summed E-state index contributed by atoms with van der Waals surface area (Å²) in [5.74, 6) is -0.333. The molecular formula is C2H6N4S. The van der Waals surface area contributed by atoms with Crippen LogP contribution in [0.25, 0.3) is 0 Å². The zero-order chi connectivity index (χ0) is 6.28. The summed E-state index contributed by atoms with van der Waals surface area (Å²) in [6, 6.07) is 0. The molecule has 0 aromatic heterocycles. The minimum atomic E-state index is -0.333. The van der Waals surface area contributed by atoms with Gasteiger partial charge in [0.15, 0.2) is 5.96 Å². The number of nitrogens with two attached hydrogens (primary N) is 2. The highest BCUT2D eigenvalue weighted by atomic mass is 32.1. The lowest BCUT2D eigenvalue weighted by molar-refractivity contribution is 1.39. The van der Waals surface area contributed by atoms with E-state index in [4.69, 9.17) is 10.8 Å². The van der Waals surface area contributed by atoms with Gasteiger partial charge >= 0.3 is 0 Å². The first-order chi connectivity index (χ1) is 3.15. The van der Waals surface area contributed by atoms with Crippen LogP contribution >= 0.6 is 12.2 Å². The summed E-state index contributed by atoms with van der Waals surface area (Å²) in [7, 11) is 0. The normalized spacial score (nSPS) is 4.57. The summed E-state index contributed by atoms with van der Waals surface area (Å²) in [5.41, 5.74) is 8.94. The Labute approximate surface area is 46.5 Å². The molecule has 0 aliphatic rings. The van der Waals surface area contributed by atoms with Crippen LogP contribution in [0, 0.1) is 10.8 Å². The van der Waals surface area contributed by atoms with Crippen LogP contribution in [-0.2, 0) is 0 Å². The van der Waals surface area contributed by atoms with Crippen LogP contribution < -0.4 is 11.5 Å². The molecule has 0 bridgehead atoms. The highest BCUT2D eigenvalue weighted by molar-refractivity contribution is 7.78. The van der Waals surface area contributed by atoms with Gasteiger partial charge in [-0.05, 0) is 12.2 Å². The number of nitrogens with one attached hydrogen (secondary N) is 2. The van der Waals surface area contributed by atoms with Crippen molar-refractivity contribution >= 4 is 23.3 Å². The van der Waals surface area contributed by atoms with Gasteiger partial charge in [-0.15, -0.1) is 0 Å². The number of guanidine groups is 1. The molecule has 0 heterocycles. The van der Waals surface area contributed by atoms with E-state index in [-0.39, 0.29) is 5.96 Å². The van der Waals surface area contributed by atoms with Gasteiger partial charge in [-0.25, -0.2) is 5.41 Å². The van der Waals surface area contributed by atoms with Crippen molar-refractivity contribution < 1.29 is 0 Å². The third-order valence-corrected chi connectivity index (χ3v) is 0. The third-order valence-electron chi connectivity index (χ3n) is 0. The first kappa shape index (κ1) is 9.42. The van der Waals surface area contributed by atoms with Crippen LogP contribution in [0.3, 0.4) is 0 Å². The predicted molar refractivity (Wildman–Crippen MR) is 31.4 cm³/mol. The number of isothiocyanates is 1. The lowest BCUT2D eigenvalue weighted by Gasteiger charge is -1.69. The van der Waals surface area contributed by atoms with E-state index in [1.807, 2.05) is 0 Å². The Kier molecular flexibility index (Phi) is 12.0. The lowest BCUT2D eigenvalue weighted by Crippen LogP contribution is -2.20. The Morgan fingerprint density at radius 1 is 1.57 bits per heavy atom. The molecule has 0 saturated heterocycles. The molecule has 0 aliphatic carbocycles. The van der Waals surface area contributed by atoms with Gasteiger partial charge < -0.3 is 11.5 Å². The van der Waals surface area contributed by atoms with Crippen molar-refractivity contribution in [3.63, 3.8) is 0 Å². The van der Waals surface area contributed by atoms with E-state index in [2.05, 4.69) is 23.7 Å². The Bertz CT molecular complexity index is 77.7. The molecule has 0 aliphatic heterocycles. The summed E-state index contributed by atoms with van der Waals surface area (Å²) in [6.45, 7) is 0. The summed E-state index contributed by atoms with van der Waals surface area (Å²) >= 11 is 3.81. The van der Waals surface area contributed by atoms with E-state index in [1.165, 1.54) is 0 Å². The van der Waals surface area contributed by atoms with Gasteiger partial charge in [-0.3, -0.25) is 5.41 Å². The van der Waals surface area contributed by atoms with Gasteiger partial charge in [0, 0.05) is 0 Å². The summed E-state index contributed by atoms with van der Waals surface area (Å²) in [6.07, 6.45) is 0. The second kappa shape index (κ2) is 8.91. The Morgan fingerprint density at radius 2 is 1.57 bits per heavy atom. The molecule has 0 spiro atoms. The smallest absolute Gasteiger partial charge is 0.183 e. The molecule has 0 rings (SSSR count). The van der Waals surface area contributed by atoms with Gasteiger partial charge in [-0.2, -0.15) is 0 Å². The number of hydrogen-bond acceptors (Lipinski definition) is 3. The fourth-order valence-corrected chi connectivity index (χ4v) is 0. The highest BCUT2D eigenvalue weighted by Crippen LogP contribution is 1.16. The van der Waals surface area contributed by atoms with Crippen molar-refractivity contribution in [1.29, 1.82) is 10.8 Å². The van der Waals surface area contributed by atoms with Crippen molar-refractivity contribution in [1.82, 2.24) is 0 Å². The van der Waals surface area contributed by atoms with Gasteiger partial charge in [0.25, 0.3) is 0 Å². The number of hydrogen-bond donors (Lipinski definition) is 4. The SMILES string of the molecule is N=C(N)N.N=C=S. The fraction of sp³-hybridized carbons (Fsp3) is 0. The molecule has 40 valence electrons. The zero-order valence-electron chi connectivity index (χ0n) is 3.56. The Balaban J connectivity index is 0. The fourth-order valence-electron chi connectivity index (χ4n) is 0. The van der Waals surface area contributed by atoms with Crippen molar-refractivity contribution in [3.05, 3.63) is 0 Å². The predicted octanol–water partition coefficient (Wildman–Crippen LogP) is -0.493. The minimum absolute atomic E-state index is 0.333. The standard InChI is InChI=1S/CH5N3.CHNS/c2-1(3)4;2-1-3/h(H5,2,3,4);2H. The van der Waals surface area contributed by atoms with Crippen LogP contribution in [-0.4, -0.2) is 11.1 Å². The molecule has 5 heteroatoms. The first-order valence-electron chi connectivity index (χ1n) is 1.28. The molecule has 0 aromatic rings. The van der Waals surface area contributed by atoms with Crippen LogP contribution in [0.5, 0.6) is 0 Å². The number of rotatable bonds is 0. The van der Waals surface area contributed by atoms with E-state index in [0.29, 0.717) is 0 Å². The second-order valence-corrected chi connectivity index (χ2v) is 0.762. The van der Waals surface area contributed by atoms with E-state index in [1.54, 1.807) is 5.16 Å². The highest BCUT2D eigenvalue weighted by Gasteiger charge is 1.52. The maximum atomic E-state index is 6.06. The molecule has 7 heavy (non-hydrogen) atoms. The molecular weight excluding hydrogens is 112 g/mol. The summed E-state index contributed by atoms with van der Waals surface area (Å²) in [4.78, 5) is 0. The molecule has 0 fully saturated rings. The van der Waals surface area contributed by atoms with Gasteiger partial charge in [0.1, 0.15) is 0 Å². The first-order valence-corrected chi connectivity index (χ1v) is 1.69. The maximum absolute atomic E-state index is 6.06. The average molecular weight is 118 g/mol. The van der Waals surface area contributed by atoms with Gasteiger partial charge in [0.05, 0.1) is 5.16 Å². The zero-order valence-corrected chi connectivity index (χ0v) is 4.38. The quantitative estimate of drug-likeness (QED) is 0.196. The van der Waals surface area contributed by atoms with Crippen molar-refractivity contribution in [2.45, 2.75) is 0 Å². The summed E-state index contributed by atoms with van der Waals surface area (Å²) < 4.78 is 0. The number of thiocarbonyl (C=S) groups is 1. The van der Waals surface area contributed by atoms with Crippen LogP contribution in [0.2, 0.25) is 0 Å². The largest absolute Gasteiger partial charge is 0.370 e. The Hall–Kier alpha value is -0.930. The van der Waals surface area contributed by atoms with Crippen molar-refractivity contribution in [2.24, 2.45) is 11.5 Å². The van der Waals surface area contributed by atoms with E-state index in [0.717, 1.165) is 0 Å². The van der Waals surface area contributed by atoms with Crippen molar-refractivity contribution in [3.8, 4) is 0 Å². The summed E-state index contributed by atoms with van der Waals surface area (Å²) in [5, 5.41) is 13.4. The molecule has 4 nitrogen and oxygen atoms in total. The minimum Gasteiger partial charge on any atom is -0.370 e. The van der Waals surface area contributed by atoms with Crippen LogP contribution in [0.1, 0.15) is 0 Å². The molecule has 0 aromatic carbocycles. The van der Waals surface area contributed by atoms with Crippen molar-refractivity contribution in [2.75, 3.05) is 0 Å². The molecule has 6 N–H and O–H groups in total.